The van der Waals surface area contributed by atoms with Gasteiger partial charge in [-0.25, -0.2) is 9.59 Å². The number of nitrogens with zero attached hydrogens (tertiary/aromatic N) is 2. The number of nitrogens with two attached hydrogens (primary N) is 1. The molecule has 0 aromatic carbocycles. The number of likely N-dealkylation sites (N-methyl/N-ethyl adjacent to an activating group) is 1. The number of rotatable bonds is 4. The van der Waals surface area contributed by atoms with Crippen LogP contribution >= 0.6 is 0 Å². The van der Waals surface area contributed by atoms with E-state index >= 15 is 0 Å². The van der Waals surface area contributed by atoms with E-state index in [1.54, 1.807) is 4.90 Å². The summed E-state index contributed by atoms with van der Waals surface area (Å²) >= 11 is 0. The first-order valence-corrected chi connectivity index (χ1v) is 6.41. The molecule has 1 heterocycles. The van der Waals surface area contributed by atoms with Gasteiger partial charge >= 0.3 is 12.0 Å². The van der Waals surface area contributed by atoms with E-state index in [4.69, 9.17) is 10.8 Å². The molecule has 1 atom stereocenters. The van der Waals surface area contributed by atoms with Crippen molar-refractivity contribution in [1.82, 2.24) is 15.1 Å². The van der Waals surface area contributed by atoms with E-state index in [0.717, 1.165) is 0 Å². The van der Waals surface area contributed by atoms with Crippen molar-refractivity contribution in [1.29, 1.82) is 0 Å². The molecule has 4 N–H and O–H groups in total. The first kappa shape index (κ1) is 16.2. The summed E-state index contributed by atoms with van der Waals surface area (Å²) in [6, 6.07) is -1.78. The Kier molecular flexibility index (Phi) is 4.93. The van der Waals surface area contributed by atoms with Crippen LogP contribution in [0.4, 0.5) is 4.79 Å². The Morgan fingerprint density at radius 2 is 1.95 bits per heavy atom. The molecule has 1 fully saturated rings. The van der Waals surface area contributed by atoms with E-state index in [-0.39, 0.29) is 5.54 Å². The number of hydrogen-bond donors (Lipinski definition) is 3. The number of primary amides is 1. The standard InChI is InChI=1S/C12H22N4O4/c1-12(2)7-16(5-4-15(12)3)11(20)14-8(10(18)19)6-9(13)17/h8H,4-7H2,1-3H3,(H2,13,17)(H,14,20)(H,18,19). The molecule has 0 saturated carbocycles. The van der Waals surface area contributed by atoms with Gasteiger partial charge in [-0.2, -0.15) is 0 Å². The molecule has 0 bridgehead atoms. The predicted octanol–water partition coefficient (Wildman–Crippen LogP) is -0.949. The molecule has 1 aliphatic heterocycles. The number of carbonyl (C=O) groups is 3. The second kappa shape index (κ2) is 6.08. The van der Waals surface area contributed by atoms with Gasteiger partial charge in [0.25, 0.3) is 0 Å². The van der Waals surface area contributed by atoms with E-state index in [9.17, 15) is 14.4 Å². The van der Waals surface area contributed by atoms with E-state index in [2.05, 4.69) is 10.2 Å². The van der Waals surface area contributed by atoms with Crippen LogP contribution in [-0.4, -0.2) is 71.1 Å². The number of nitrogens with one attached hydrogen (secondary N) is 1. The fourth-order valence-corrected chi connectivity index (χ4v) is 2.06. The number of carboxylic acid groups (broad SMARTS) is 1. The number of carboxylic acids is 1. The van der Waals surface area contributed by atoms with Crippen molar-refractivity contribution >= 4 is 17.9 Å². The van der Waals surface area contributed by atoms with Crippen molar-refractivity contribution in [2.75, 3.05) is 26.7 Å². The van der Waals surface area contributed by atoms with Gasteiger partial charge in [0.15, 0.2) is 0 Å². The van der Waals surface area contributed by atoms with Gasteiger partial charge in [0.1, 0.15) is 6.04 Å². The van der Waals surface area contributed by atoms with Crippen molar-refractivity contribution in [3.05, 3.63) is 0 Å². The van der Waals surface area contributed by atoms with Gasteiger partial charge in [-0.05, 0) is 20.9 Å². The second-order valence-corrected chi connectivity index (χ2v) is 5.67. The first-order valence-electron chi connectivity index (χ1n) is 6.41. The molecular formula is C12H22N4O4. The average Bonchev–Trinajstić information content (AvgIpc) is 2.30. The van der Waals surface area contributed by atoms with E-state index in [0.29, 0.717) is 19.6 Å². The maximum atomic E-state index is 12.1. The number of carbonyl (C=O) groups excluding carboxylic acids is 2. The summed E-state index contributed by atoms with van der Waals surface area (Å²) in [6.45, 7) is 5.70. The third kappa shape index (κ3) is 4.09. The topological polar surface area (TPSA) is 116 Å². The highest BCUT2D eigenvalue weighted by Crippen LogP contribution is 2.18. The van der Waals surface area contributed by atoms with Crippen molar-refractivity contribution in [3.8, 4) is 0 Å². The van der Waals surface area contributed by atoms with Gasteiger partial charge in [-0.3, -0.25) is 9.69 Å². The molecule has 0 aromatic rings. The minimum absolute atomic E-state index is 0.183. The third-order valence-electron chi connectivity index (χ3n) is 3.60. The van der Waals surface area contributed by atoms with Gasteiger partial charge in [0.05, 0.1) is 6.42 Å². The van der Waals surface area contributed by atoms with Gasteiger partial charge in [-0.1, -0.05) is 0 Å². The smallest absolute Gasteiger partial charge is 0.326 e. The molecule has 3 amide bonds. The van der Waals surface area contributed by atoms with Crippen LogP contribution in [0.15, 0.2) is 0 Å². The highest BCUT2D eigenvalue weighted by atomic mass is 16.4. The van der Waals surface area contributed by atoms with E-state index in [1.165, 1.54) is 0 Å². The Morgan fingerprint density at radius 1 is 1.35 bits per heavy atom. The third-order valence-corrected chi connectivity index (χ3v) is 3.60. The molecule has 0 spiro atoms. The fraction of sp³-hybridized carbons (Fsp3) is 0.750. The van der Waals surface area contributed by atoms with Gasteiger partial charge < -0.3 is 21.1 Å². The monoisotopic (exact) mass is 286 g/mol. The van der Waals surface area contributed by atoms with Crippen LogP contribution in [0.25, 0.3) is 0 Å². The van der Waals surface area contributed by atoms with Crippen molar-refractivity contribution in [2.24, 2.45) is 5.73 Å². The maximum absolute atomic E-state index is 12.1. The van der Waals surface area contributed by atoms with Crippen LogP contribution in [0.5, 0.6) is 0 Å². The van der Waals surface area contributed by atoms with Gasteiger partial charge in [0, 0.05) is 25.2 Å². The van der Waals surface area contributed by atoms with Crippen LogP contribution in [0.1, 0.15) is 20.3 Å². The number of piperazine rings is 1. The summed E-state index contributed by atoms with van der Waals surface area (Å²) in [7, 11) is 1.97. The van der Waals surface area contributed by atoms with E-state index in [1.807, 2.05) is 20.9 Å². The first-order chi connectivity index (χ1) is 9.13. The zero-order valence-electron chi connectivity index (χ0n) is 12.0. The van der Waals surface area contributed by atoms with Crippen molar-refractivity contribution in [3.63, 3.8) is 0 Å². The summed E-state index contributed by atoms with van der Waals surface area (Å²) in [5, 5.41) is 11.3. The van der Waals surface area contributed by atoms with Crippen molar-refractivity contribution < 1.29 is 19.5 Å². The zero-order chi connectivity index (χ0) is 15.5. The molecule has 0 aliphatic carbocycles. The molecule has 114 valence electrons. The van der Waals surface area contributed by atoms with Crippen LogP contribution in [0.2, 0.25) is 0 Å². The molecule has 8 heteroatoms. The lowest BCUT2D eigenvalue weighted by atomic mass is 10.00. The number of amides is 3. The lowest BCUT2D eigenvalue weighted by Gasteiger charge is -2.45. The highest BCUT2D eigenvalue weighted by molar-refractivity contribution is 5.87. The number of hydrogen-bond acceptors (Lipinski definition) is 4. The lowest BCUT2D eigenvalue weighted by molar-refractivity contribution is -0.141. The molecule has 20 heavy (non-hydrogen) atoms. The molecule has 0 aromatic heterocycles. The molecule has 1 unspecified atom stereocenters. The SMILES string of the molecule is CN1CCN(C(=O)NC(CC(N)=O)C(=O)O)CC1(C)C. The number of aliphatic carboxylic acids is 1. The molecule has 0 radical (unpaired) electrons. The second-order valence-electron chi connectivity index (χ2n) is 5.67. The van der Waals surface area contributed by atoms with E-state index < -0.39 is 30.4 Å². The molecule has 8 nitrogen and oxygen atoms in total. The Balaban J connectivity index is 2.65. The molecule has 1 aliphatic rings. The summed E-state index contributed by atoms with van der Waals surface area (Å²) in [5.41, 5.74) is 4.79. The minimum atomic E-state index is -1.29. The fourth-order valence-electron chi connectivity index (χ4n) is 2.06. The normalized spacial score (nSPS) is 20.2. The summed E-state index contributed by atoms with van der Waals surface area (Å²) in [4.78, 5) is 37.5. The van der Waals surface area contributed by atoms with Crippen molar-refractivity contribution in [2.45, 2.75) is 31.8 Å². The molecular weight excluding hydrogens is 264 g/mol. The average molecular weight is 286 g/mol. The summed E-state index contributed by atoms with van der Waals surface area (Å²) in [5.74, 6) is -2.04. The quantitative estimate of drug-likeness (QED) is 0.616. The Hall–Kier alpha value is -1.83. The van der Waals surface area contributed by atoms with Crippen LogP contribution < -0.4 is 11.1 Å². The van der Waals surface area contributed by atoms with Crippen LogP contribution in [0, 0.1) is 0 Å². The summed E-state index contributed by atoms with van der Waals surface area (Å²) in [6.07, 6.45) is -0.418. The molecule has 1 rings (SSSR count). The van der Waals surface area contributed by atoms with Gasteiger partial charge in [0.2, 0.25) is 5.91 Å². The van der Waals surface area contributed by atoms with Crippen LogP contribution in [-0.2, 0) is 9.59 Å². The van der Waals surface area contributed by atoms with Gasteiger partial charge in [-0.15, -0.1) is 0 Å². The molecule has 1 saturated heterocycles. The predicted molar refractivity (Wildman–Crippen MR) is 72.0 cm³/mol. The Labute approximate surface area is 117 Å². The Bertz CT molecular complexity index is 410. The maximum Gasteiger partial charge on any atom is 0.326 e. The summed E-state index contributed by atoms with van der Waals surface area (Å²) < 4.78 is 0. The number of urea groups is 1. The largest absolute Gasteiger partial charge is 0.480 e. The minimum Gasteiger partial charge on any atom is -0.480 e. The lowest BCUT2D eigenvalue weighted by Crippen LogP contribution is -2.61. The zero-order valence-corrected chi connectivity index (χ0v) is 12.0. The highest BCUT2D eigenvalue weighted by Gasteiger charge is 2.34. The van der Waals surface area contributed by atoms with Crippen LogP contribution in [0.3, 0.4) is 0 Å². The Morgan fingerprint density at radius 3 is 2.40 bits per heavy atom.